The van der Waals surface area contributed by atoms with Gasteiger partial charge in [0.25, 0.3) is 0 Å². The van der Waals surface area contributed by atoms with E-state index in [1.54, 1.807) is 11.3 Å². The van der Waals surface area contributed by atoms with E-state index in [4.69, 9.17) is 0 Å². The molecule has 0 aliphatic rings. The molecule has 0 atom stereocenters. The van der Waals surface area contributed by atoms with Crippen molar-refractivity contribution >= 4 is 17.0 Å². The minimum absolute atomic E-state index is 0.959. The molecular weight excluding hydrogens is 262 g/mol. The summed E-state index contributed by atoms with van der Waals surface area (Å²) in [6.07, 6.45) is 1.06. The van der Waals surface area contributed by atoms with Gasteiger partial charge in [0, 0.05) is 17.8 Å². The highest BCUT2D eigenvalue weighted by Crippen LogP contribution is 2.27. The molecule has 0 bridgehead atoms. The quantitative estimate of drug-likeness (QED) is 0.687. The predicted octanol–water partition coefficient (Wildman–Crippen LogP) is 5.07. The molecule has 3 rings (SSSR count). The van der Waals surface area contributed by atoms with E-state index >= 15 is 0 Å². The fourth-order valence-corrected chi connectivity index (χ4v) is 2.99. The minimum Gasteiger partial charge on any atom is -0.384 e. The van der Waals surface area contributed by atoms with E-state index in [0.717, 1.165) is 13.0 Å². The number of thiophene rings is 1. The number of hydrogen-bond donors (Lipinski definition) is 1. The van der Waals surface area contributed by atoms with Crippen LogP contribution in [0.1, 0.15) is 5.56 Å². The minimum atomic E-state index is 0.959. The Morgan fingerprint density at radius 2 is 1.65 bits per heavy atom. The molecule has 1 heterocycles. The Morgan fingerprint density at radius 1 is 0.850 bits per heavy atom. The van der Waals surface area contributed by atoms with E-state index in [2.05, 4.69) is 76.7 Å². The summed E-state index contributed by atoms with van der Waals surface area (Å²) in [6.45, 7) is 0.959. The second-order valence-corrected chi connectivity index (χ2v) is 5.50. The Hall–Kier alpha value is -2.06. The first-order valence-corrected chi connectivity index (χ1v) is 7.77. The van der Waals surface area contributed by atoms with Crippen LogP contribution in [-0.4, -0.2) is 6.54 Å². The highest BCUT2D eigenvalue weighted by molar-refractivity contribution is 7.07. The summed E-state index contributed by atoms with van der Waals surface area (Å²) in [5, 5.41) is 7.90. The third kappa shape index (κ3) is 3.09. The molecule has 100 valence electrons. The number of anilines is 1. The summed E-state index contributed by atoms with van der Waals surface area (Å²) in [5.74, 6) is 0. The van der Waals surface area contributed by atoms with Gasteiger partial charge < -0.3 is 5.32 Å². The molecule has 0 spiro atoms. The van der Waals surface area contributed by atoms with Gasteiger partial charge in [0.1, 0.15) is 0 Å². The molecule has 0 aliphatic carbocycles. The lowest BCUT2D eigenvalue weighted by Gasteiger charge is -2.12. The molecule has 0 radical (unpaired) electrons. The van der Waals surface area contributed by atoms with Crippen LogP contribution in [-0.2, 0) is 6.42 Å². The summed E-state index contributed by atoms with van der Waals surface area (Å²) in [4.78, 5) is 0. The monoisotopic (exact) mass is 279 g/mol. The van der Waals surface area contributed by atoms with Gasteiger partial charge in [-0.15, -0.1) is 0 Å². The van der Waals surface area contributed by atoms with Crippen LogP contribution in [0.5, 0.6) is 0 Å². The SMILES string of the molecule is c1ccc(-c2ccccc2NCCc2ccsc2)cc1. The maximum Gasteiger partial charge on any atom is 0.0419 e. The Balaban J connectivity index is 1.73. The molecule has 2 heteroatoms. The Morgan fingerprint density at radius 3 is 2.45 bits per heavy atom. The van der Waals surface area contributed by atoms with Gasteiger partial charge in [0.2, 0.25) is 0 Å². The summed E-state index contributed by atoms with van der Waals surface area (Å²) in [7, 11) is 0. The molecule has 2 aromatic carbocycles. The number of benzene rings is 2. The van der Waals surface area contributed by atoms with Crippen molar-refractivity contribution in [3.8, 4) is 11.1 Å². The first-order chi connectivity index (χ1) is 9.93. The van der Waals surface area contributed by atoms with Gasteiger partial charge in [-0.1, -0.05) is 48.5 Å². The Labute approximate surface area is 123 Å². The smallest absolute Gasteiger partial charge is 0.0419 e. The van der Waals surface area contributed by atoms with Crippen molar-refractivity contribution in [2.45, 2.75) is 6.42 Å². The van der Waals surface area contributed by atoms with Crippen LogP contribution in [0, 0.1) is 0 Å². The second-order valence-electron chi connectivity index (χ2n) is 4.72. The Bertz CT molecular complexity index is 644. The average molecular weight is 279 g/mol. The highest BCUT2D eigenvalue weighted by atomic mass is 32.1. The largest absolute Gasteiger partial charge is 0.384 e. The van der Waals surface area contributed by atoms with Crippen molar-refractivity contribution in [1.82, 2.24) is 0 Å². The van der Waals surface area contributed by atoms with E-state index in [1.165, 1.54) is 22.4 Å². The molecular formula is C18H17NS. The Kier molecular flexibility index (Phi) is 4.14. The molecule has 0 saturated heterocycles. The lowest BCUT2D eigenvalue weighted by molar-refractivity contribution is 1.03. The maximum atomic E-state index is 3.55. The summed E-state index contributed by atoms with van der Waals surface area (Å²) in [5.41, 5.74) is 5.12. The lowest BCUT2D eigenvalue weighted by atomic mass is 10.0. The fraction of sp³-hybridized carbons (Fsp3) is 0.111. The molecule has 1 nitrogen and oxygen atoms in total. The number of para-hydroxylation sites is 1. The average Bonchev–Trinajstić information content (AvgIpc) is 3.02. The molecule has 1 N–H and O–H groups in total. The van der Waals surface area contributed by atoms with E-state index in [-0.39, 0.29) is 0 Å². The van der Waals surface area contributed by atoms with Gasteiger partial charge in [-0.3, -0.25) is 0 Å². The van der Waals surface area contributed by atoms with Crippen LogP contribution in [0.25, 0.3) is 11.1 Å². The van der Waals surface area contributed by atoms with Gasteiger partial charge >= 0.3 is 0 Å². The predicted molar refractivity (Wildman–Crippen MR) is 88.4 cm³/mol. The van der Waals surface area contributed by atoms with Crippen molar-refractivity contribution < 1.29 is 0 Å². The topological polar surface area (TPSA) is 12.0 Å². The van der Waals surface area contributed by atoms with Gasteiger partial charge in [-0.05, 0) is 40.4 Å². The third-order valence-corrected chi connectivity index (χ3v) is 4.05. The summed E-state index contributed by atoms with van der Waals surface area (Å²) < 4.78 is 0. The van der Waals surface area contributed by atoms with Crippen molar-refractivity contribution in [2.75, 3.05) is 11.9 Å². The first-order valence-electron chi connectivity index (χ1n) is 6.83. The maximum absolute atomic E-state index is 3.55. The van der Waals surface area contributed by atoms with Crippen LogP contribution < -0.4 is 5.32 Å². The van der Waals surface area contributed by atoms with Crippen LogP contribution in [0.3, 0.4) is 0 Å². The second kappa shape index (κ2) is 6.40. The molecule has 1 aromatic heterocycles. The fourth-order valence-electron chi connectivity index (χ4n) is 2.28. The first kappa shape index (κ1) is 12.9. The van der Waals surface area contributed by atoms with E-state index in [9.17, 15) is 0 Å². The van der Waals surface area contributed by atoms with E-state index in [1.807, 2.05) is 0 Å². The van der Waals surface area contributed by atoms with Crippen molar-refractivity contribution in [3.05, 3.63) is 77.0 Å². The summed E-state index contributed by atoms with van der Waals surface area (Å²) >= 11 is 1.76. The molecule has 20 heavy (non-hydrogen) atoms. The van der Waals surface area contributed by atoms with Crippen molar-refractivity contribution in [2.24, 2.45) is 0 Å². The van der Waals surface area contributed by atoms with Crippen LogP contribution in [0.2, 0.25) is 0 Å². The third-order valence-electron chi connectivity index (χ3n) is 3.32. The van der Waals surface area contributed by atoms with Crippen LogP contribution >= 0.6 is 11.3 Å². The van der Waals surface area contributed by atoms with Crippen molar-refractivity contribution in [1.29, 1.82) is 0 Å². The number of hydrogen-bond acceptors (Lipinski definition) is 2. The zero-order valence-corrected chi connectivity index (χ0v) is 12.1. The van der Waals surface area contributed by atoms with Crippen molar-refractivity contribution in [3.63, 3.8) is 0 Å². The highest BCUT2D eigenvalue weighted by Gasteiger charge is 2.03. The van der Waals surface area contributed by atoms with Gasteiger partial charge in [-0.25, -0.2) is 0 Å². The molecule has 3 aromatic rings. The zero-order valence-electron chi connectivity index (χ0n) is 11.3. The van der Waals surface area contributed by atoms with E-state index < -0.39 is 0 Å². The lowest BCUT2D eigenvalue weighted by Crippen LogP contribution is -2.05. The van der Waals surface area contributed by atoms with E-state index in [0.29, 0.717) is 0 Å². The standard InChI is InChI=1S/C18H17NS/c1-2-6-16(7-3-1)17-8-4-5-9-18(17)19-12-10-15-11-13-20-14-15/h1-9,11,13-14,19H,10,12H2. The molecule has 0 amide bonds. The molecule has 0 fully saturated rings. The van der Waals surface area contributed by atoms with Crippen LogP contribution in [0.4, 0.5) is 5.69 Å². The normalized spacial score (nSPS) is 10.4. The van der Waals surface area contributed by atoms with Crippen LogP contribution in [0.15, 0.2) is 71.4 Å². The van der Waals surface area contributed by atoms with Gasteiger partial charge in [0.15, 0.2) is 0 Å². The zero-order chi connectivity index (χ0) is 13.6. The molecule has 0 unspecified atom stereocenters. The number of nitrogens with one attached hydrogen (secondary N) is 1. The molecule has 0 saturated carbocycles. The van der Waals surface area contributed by atoms with Gasteiger partial charge in [0.05, 0.1) is 0 Å². The number of rotatable bonds is 5. The summed E-state index contributed by atoms with van der Waals surface area (Å²) in [6, 6.07) is 21.2. The van der Waals surface area contributed by atoms with Gasteiger partial charge in [-0.2, -0.15) is 11.3 Å². The molecule has 0 aliphatic heterocycles.